The smallest absolute Gasteiger partial charge is 0.231 e. The van der Waals surface area contributed by atoms with Gasteiger partial charge in [-0.05, 0) is 42.3 Å². The van der Waals surface area contributed by atoms with E-state index >= 15 is 0 Å². The third kappa shape index (κ3) is 3.36. The molecule has 5 rings (SSSR count). The summed E-state index contributed by atoms with van der Waals surface area (Å²) >= 11 is 0. The zero-order valence-corrected chi connectivity index (χ0v) is 17.3. The third-order valence-electron chi connectivity index (χ3n) is 5.78. The number of hydrogen-bond acceptors (Lipinski definition) is 7. The lowest BCUT2D eigenvalue weighted by Crippen LogP contribution is -2.41. The van der Waals surface area contributed by atoms with Crippen LogP contribution in [0.1, 0.15) is 27.9 Å². The van der Waals surface area contributed by atoms with Crippen LogP contribution in [0.15, 0.2) is 42.2 Å². The molecule has 3 aliphatic rings. The van der Waals surface area contributed by atoms with Gasteiger partial charge in [-0.3, -0.25) is 9.69 Å². The number of fused-ring (bicyclic) bond motifs is 3. The van der Waals surface area contributed by atoms with Gasteiger partial charge in [-0.15, -0.1) is 0 Å². The zero-order chi connectivity index (χ0) is 20.9. The molecule has 0 amide bonds. The lowest BCUT2D eigenvalue weighted by Gasteiger charge is -2.33. The second-order valence-corrected chi connectivity index (χ2v) is 9.94. The second-order valence-electron chi connectivity index (χ2n) is 7.71. The maximum Gasteiger partial charge on any atom is 0.231 e. The molecule has 2 aromatic carbocycles. The number of carbonyl (C=O) groups excluding carboxylic acids is 1. The van der Waals surface area contributed by atoms with Gasteiger partial charge in [0.15, 0.2) is 15.6 Å². The molecule has 0 N–H and O–H groups in total. The number of methoxy groups -OCH3 is 1. The SMILES string of the molecule is COc1ccc(C=C2Oc3c(ccc4c3CN([C@H]3CCS(=O)(=O)C3)CO4)C2=O)cc1. The van der Waals surface area contributed by atoms with Gasteiger partial charge in [0.2, 0.25) is 5.78 Å². The van der Waals surface area contributed by atoms with Gasteiger partial charge in [0.05, 0.1) is 29.7 Å². The van der Waals surface area contributed by atoms with Gasteiger partial charge >= 0.3 is 0 Å². The molecule has 0 unspecified atom stereocenters. The summed E-state index contributed by atoms with van der Waals surface area (Å²) < 4.78 is 40.7. The molecule has 3 heterocycles. The fourth-order valence-corrected chi connectivity index (χ4v) is 5.89. The summed E-state index contributed by atoms with van der Waals surface area (Å²) in [5.41, 5.74) is 2.11. The Bertz CT molecular complexity index is 1150. The molecular formula is C22H21NO6S. The van der Waals surface area contributed by atoms with Gasteiger partial charge in [-0.2, -0.15) is 0 Å². The molecule has 1 fully saturated rings. The van der Waals surface area contributed by atoms with Gasteiger partial charge in [0, 0.05) is 12.6 Å². The van der Waals surface area contributed by atoms with Crippen molar-refractivity contribution >= 4 is 21.7 Å². The minimum atomic E-state index is -2.99. The quantitative estimate of drug-likeness (QED) is 0.697. The van der Waals surface area contributed by atoms with Crippen molar-refractivity contribution in [3.63, 3.8) is 0 Å². The number of hydrogen-bond donors (Lipinski definition) is 0. The number of ether oxygens (including phenoxy) is 3. The topological polar surface area (TPSA) is 82.1 Å². The van der Waals surface area contributed by atoms with Gasteiger partial charge in [-0.25, -0.2) is 8.42 Å². The Morgan fingerprint density at radius 1 is 1.17 bits per heavy atom. The van der Waals surface area contributed by atoms with Crippen molar-refractivity contribution in [3.8, 4) is 17.2 Å². The van der Waals surface area contributed by atoms with E-state index in [0.717, 1.165) is 16.9 Å². The summed E-state index contributed by atoms with van der Waals surface area (Å²) in [6, 6.07) is 10.8. The molecule has 7 nitrogen and oxygen atoms in total. The summed E-state index contributed by atoms with van der Waals surface area (Å²) in [5, 5.41) is 0. The zero-order valence-electron chi connectivity index (χ0n) is 16.5. The number of Topliss-reactive ketones (excluding diaryl/α,β-unsaturated/α-hetero) is 1. The Balaban J connectivity index is 1.43. The van der Waals surface area contributed by atoms with Crippen molar-refractivity contribution in [1.82, 2.24) is 4.90 Å². The van der Waals surface area contributed by atoms with Crippen LogP contribution in [-0.4, -0.2) is 50.5 Å². The number of sulfone groups is 1. The first-order chi connectivity index (χ1) is 14.4. The number of carbonyl (C=O) groups is 1. The molecule has 2 aromatic rings. The van der Waals surface area contributed by atoms with Crippen LogP contribution in [0.25, 0.3) is 6.08 Å². The monoisotopic (exact) mass is 427 g/mol. The van der Waals surface area contributed by atoms with Crippen molar-refractivity contribution in [3.05, 3.63) is 58.8 Å². The number of benzene rings is 2. The predicted molar refractivity (Wildman–Crippen MR) is 110 cm³/mol. The van der Waals surface area contributed by atoms with E-state index in [2.05, 4.69) is 0 Å². The first kappa shape index (κ1) is 19.1. The average molecular weight is 427 g/mol. The second kappa shape index (κ2) is 7.14. The molecule has 0 aromatic heterocycles. The Kier molecular flexibility index (Phi) is 4.56. The van der Waals surface area contributed by atoms with Crippen LogP contribution in [0.4, 0.5) is 0 Å². The van der Waals surface area contributed by atoms with Crippen LogP contribution in [0.2, 0.25) is 0 Å². The highest BCUT2D eigenvalue weighted by atomic mass is 32.2. The lowest BCUT2D eigenvalue weighted by molar-refractivity contribution is 0.0634. The van der Waals surface area contributed by atoms with Crippen molar-refractivity contribution in [2.24, 2.45) is 0 Å². The minimum Gasteiger partial charge on any atom is -0.497 e. The largest absolute Gasteiger partial charge is 0.497 e. The van der Waals surface area contributed by atoms with Crippen LogP contribution in [0.3, 0.4) is 0 Å². The fourth-order valence-electron chi connectivity index (χ4n) is 4.12. The van der Waals surface area contributed by atoms with E-state index in [9.17, 15) is 13.2 Å². The maximum atomic E-state index is 12.9. The first-order valence-electron chi connectivity index (χ1n) is 9.75. The summed E-state index contributed by atoms with van der Waals surface area (Å²) in [5.74, 6) is 2.33. The van der Waals surface area contributed by atoms with Crippen LogP contribution >= 0.6 is 0 Å². The standard InChI is InChI=1S/C22H21NO6S/c1-27-16-4-2-14(3-5-16)10-20-21(24)17-6-7-19-18(22(17)29-20)11-23(13-28-19)15-8-9-30(25,26)12-15/h2-7,10,15H,8-9,11-13H2,1H3/t15-/m0/s1. The molecule has 30 heavy (non-hydrogen) atoms. The molecule has 0 radical (unpaired) electrons. The fraction of sp³-hybridized carbons (Fsp3) is 0.318. The molecule has 8 heteroatoms. The van der Waals surface area contributed by atoms with E-state index in [-0.39, 0.29) is 29.1 Å². The summed E-state index contributed by atoms with van der Waals surface area (Å²) in [7, 11) is -1.39. The molecular weight excluding hydrogens is 406 g/mol. The molecule has 0 aliphatic carbocycles. The molecule has 0 bridgehead atoms. The van der Waals surface area contributed by atoms with Crippen LogP contribution in [0.5, 0.6) is 17.2 Å². The van der Waals surface area contributed by atoms with Gasteiger partial charge < -0.3 is 14.2 Å². The highest BCUT2D eigenvalue weighted by Gasteiger charge is 2.38. The molecule has 0 saturated carbocycles. The highest BCUT2D eigenvalue weighted by molar-refractivity contribution is 7.91. The van der Waals surface area contributed by atoms with E-state index in [1.807, 2.05) is 29.2 Å². The molecule has 1 saturated heterocycles. The van der Waals surface area contributed by atoms with E-state index < -0.39 is 9.84 Å². The Morgan fingerprint density at radius 2 is 1.97 bits per heavy atom. The number of allylic oxidation sites excluding steroid dienone is 1. The van der Waals surface area contributed by atoms with Crippen LogP contribution < -0.4 is 14.2 Å². The van der Waals surface area contributed by atoms with Crippen LogP contribution in [0, 0.1) is 0 Å². The Hall–Kier alpha value is -2.84. The molecule has 156 valence electrons. The summed E-state index contributed by atoms with van der Waals surface area (Å²) in [6.45, 7) is 0.816. The summed E-state index contributed by atoms with van der Waals surface area (Å²) in [4.78, 5) is 14.9. The number of ketones is 1. The highest BCUT2D eigenvalue weighted by Crippen LogP contribution is 2.42. The lowest BCUT2D eigenvalue weighted by atomic mass is 10.0. The molecule has 3 aliphatic heterocycles. The minimum absolute atomic E-state index is 0.0783. The van der Waals surface area contributed by atoms with Gasteiger partial charge in [-0.1, -0.05) is 12.1 Å². The number of nitrogens with zero attached hydrogens (tertiary/aromatic N) is 1. The third-order valence-corrected chi connectivity index (χ3v) is 7.53. The molecule has 0 spiro atoms. The van der Waals surface area contributed by atoms with Crippen molar-refractivity contribution < 1.29 is 27.4 Å². The first-order valence-corrected chi connectivity index (χ1v) is 11.6. The average Bonchev–Trinajstić information content (AvgIpc) is 3.27. The van der Waals surface area contributed by atoms with Crippen LogP contribution in [-0.2, 0) is 16.4 Å². The van der Waals surface area contributed by atoms with Crippen molar-refractivity contribution in [2.45, 2.75) is 19.0 Å². The van der Waals surface area contributed by atoms with E-state index in [0.29, 0.717) is 36.8 Å². The Labute approximate surface area is 174 Å². The predicted octanol–water partition coefficient (Wildman–Crippen LogP) is 2.65. The van der Waals surface area contributed by atoms with E-state index in [1.54, 1.807) is 25.3 Å². The normalized spacial score (nSPS) is 23.6. The number of rotatable bonds is 3. The Morgan fingerprint density at radius 3 is 2.67 bits per heavy atom. The molecule has 1 atom stereocenters. The van der Waals surface area contributed by atoms with Gasteiger partial charge in [0.1, 0.15) is 24.0 Å². The van der Waals surface area contributed by atoms with E-state index in [4.69, 9.17) is 14.2 Å². The van der Waals surface area contributed by atoms with Crippen molar-refractivity contribution in [1.29, 1.82) is 0 Å². The van der Waals surface area contributed by atoms with Crippen molar-refractivity contribution in [2.75, 3.05) is 25.3 Å². The summed E-state index contributed by atoms with van der Waals surface area (Å²) in [6.07, 6.45) is 2.30. The van der Waals surface area contributed by atoms with Gasteiger partial charge in [0.25, 0.3) is 0 Å². The van der Waals surface area contributed by atoms with E-state index in [1.165, 1.54) is 0 Å². The maximum absolute atomic E-state index is 12.9.